The predicted molar refractivity (Wildman–Crippen MR) is 37.2 cm³/mol. The highest BCUT2D eigenvalue weighted by Gasteiger charge is 2.18. The van der Waals surface area contributed by atoms with E-state index < -0.39 is 0 Å². The van der Waals surface area contributed by atoms with E-state index in [0.717, 1.165) is 12.8 Å². The van der Waals surface area contributed by atoms with Crippen LogP contribution in [0.3, 0.4) is 0 Å². The second-order valence-corrected chi connectivity index (χ2v) is 3.08. The topological polar surface area (TPSA) is 20.2 Å². The Balaban J connectivity index is 2.28. The van der Waals surface area contributed by atoms with E-state index in [4.69, 9.17) is 5.11 Å². The smallest absolute Gasteiger partial charge is 0.0656 e. The third-order valence-corrected chi connectivity index (χ3v) is 2.30. The highest BCUT2D eigenvalue weighted by atomic mass is 32.1. The van der Waals surface area contributed by atoms with Gasteiger partial charge in [0.1, 0.15) is 0 Å². The van der Waals surface area contributed by atoms with Crippen LogP contribution in [0.25, 0.3) is 0 Å². The van der Waals surface area contributed by atoms with Crippen LogP contribution in [-0.2, 0) is 0 Å². The van der Waals surface area contributed by atoms with Gasteiger partial charge in [0.15, 0.2) is 0 Å². The van der Waals surface area contributed by atoms with E-state index in [2.05, 4.69) is 12.6 Å². The summed E-state index contributed by atoms with van der Waals surface area (Å²) in [6.07, 6.45) is 4.33. The lowest BCUT2D eigenvalue weighted by molar-refractivity contribution is 0.137. The zero-order chi connectivity index (χ0) is 5.98. The maximum Gasteiger partial charge on any atom is 0.0656 e. The van der Waals surface area contributed by atoms with E-state index in [1.165, 1.54) is 12.8 Å². The van der Waals surface area contributed by atoms with Gasteiger partial charge in [0, 0.05) is 5.25 Å². The molecule has 0 aromatic rings. The summed E-state index contributed by atoms with van der Waals surface area (Å²) >= 11 is 4.21. The molecule has 1 aliphatic rings. The number of hydrogen-bond acceptors (Lipinski definition) is 2. The number of rotatable bonds is 0. The average Bonchev–Trinajstić information content (AvgIpc) is 1.77. The van der Waals surface area contributed by atoms with Crippen molar-refractivity contribution in [2.24, 2.45) is 0 Å². The Hall–Kier alpha value is 0.310. The summed E-state index contributed by atoms with van der Waals surface area (Å²) in [4.78, 5) is 0. The fourth-order valence-corrected chi connectivity index (χ4v) is 1.42. The van der Waals surface area contributed by atoms with Gasteiger partial charge >= 0.3 is 0 Å². The van der Waals surface area contributed by atoms with Gasteiger partial charge in [-0.3, -0.25) is 0 Å². The van der Waals surface area contributed by atoms with Crippen LogP contribution in [0.15, 0.2) is 0 Å². The summed E-state index contributed by atoms with van der Waals surface area (Å²) in [5.74, 6) is 0. The second kappa shape index (κ2) is 2.74. The van der Waals surface area contributed by atoms with Crippen molar-refractivity contribution in [1.29, 1.82) is 0 Å². The highest BCUT2D eigenvalue weighted by molar-refractivity contribution is 7.81. The first-order valence-electron chi connectivity index (χ1n) is 3.17. The molecule has 0 radical (unpaired) electrons. The van der Waals surface area contributed by atoms with E-state index in [9.17, 15) is 0 Å². The largest absolute Gasteiger partial charge is 0.392 e. The average molecular weight is 132 g/mol. The first-order valence-corrected chi connectivity index (χ1v) is 3.68. The third-order valence-electron chi connectivity index (χ3n) is 1.69. The van der Waals surface area contributed by atoms with E-state index in [1.807, 2.05) is 0 Å². The lowest BCUT2D eigenvalue weighted by atomic mass is 9.97. The molecule has 0 saturated heterocycles. The molecule has 0 spiro atoms. The molecule has 1 nitrogen and oxygen atoms in total. The summed E-state index contributed by atoms with van der Waals surface area (Å²) < 4.78 is 0. The third kappa shape index (κ3) is 1.39. The van der Waals surface area contributed by atoms with Crippen LogP contribution >= 0.6 is 12.6 Å². The quantitative estimate of drug-likeness (QED) is 0.475. The van der Waals surface area contributed by atoms with Gasteiger partial charge in [-0.15, -0.1) is 0 Å². The van der Waals surface area contributed by atoms with Crippen molar-refractivity contribution in [3.63, 3.8) is 0 Å². The molecular weight excluding hydrogens is 120 g/mol. The molecule has 1 aliphatic carbocycles. The fraction of sp³-hybridized carbons (Fsp3) is 1.00. The standard InChI is InChI=1S/C6H12OS/c7-5-3-1-2-4-6(5)8/h5-8H,1-4H2/t5-,6-/m1/s1. The summed E-state index contributed by atoms with van der Waals surface area (Å²) in [7, 11) is 0. The Labute approximate surface area is 55.5 Å². The molecule has 0 bridgehead atoms. The summed E-state index contributed by atoms with van der Waals surface area (Å²) in [6.45, 7) is 0. The van der Waals surface area contributed by atoms with Gasteiger partial charge in [0.25, 0.3) is 0 Å². The number of thiol groups is 1. The maximum atomic E-state index is 9.10. The molecule has 2 heteroatoms. The van der Waals surface area contributed by atoms with Gasteiger partial charge in [-0.2, -0.15) is 12.6 Å². The van der Waals surface area contributed by atoms with Gasteiger partial charge in [-0.1, -0.05) is 12.8 Å². The maximum absolute atomic E-state index is 9.10. The summed E-state index contributed by atoms with van der Waals surface area (Å²) in [6, 6.07) is 0. The Morgan fingerprint density at radius 1 is 1.25 bits per heavy atom. The highest BCUT2D eigenvalue weighted by Crippen LogP contribution is 2.21. The first kappa shape index (κ1) is 6.43. The minimum absolute atomic E-state index is 0.132. The van der Waals surface area contributed by atoms with E-state index in [-0.39, 0.29) is 11.4 Å². The molecule has 2 atom stereocenters. The molecule has 1 saturated carbocycles. The molecule has 0 unspecified atom stereocenters. The number of hydrogen-bond donors (Lipinski definition) is 2. The SMILES string of the molecule is O[C@@H]1CCCC[C@H]1S. The lowest BCUT2D eigenvalue weighted by Gasteiger charge is -2.22. The van der Waals surface area contributed by atoms with Crippen molar-refractivity contribution in [2.45, 2.75) is 37.0 Å². The summed E-state index contributed by atoms with van der Waals surface area (Å²) in [5.41, 5.74) is 0. The van der Waals surface area contributed by atoms with Gasteiger partial charge in [-0.25, -0.2) is 0 Å². The molecular formula is C6H12OS. The lowest BCUT2D eigenvalue weighted by Crippen LogP contribution is -2.24. The Morgan fingerprint density at radius 3 is 2.25 bits per heavy atom. The van der Waals surface area contributed by atoms with Gasteiger partial charge in [-0.05, 0) is 12.8 Å². The molecule has 48 valence electrons. The van der Waals surface area contributed by atoms with Crippen LogP contribution in [-0.4, -0.2) is 16.5 Å². The van der Waals surface area contributed by atoms with Gasteiger partial charge in [0.2, 0.25) is 0 Å². The van der Waals surface area contributed by atoms with Crippen LogP contribution in [0.1, 0.15) is 25.7 Å². The minimum Gasteiger partial charge on any atom is -0.392 e. The van der Waals surface area contributed by atoms with Crippen molar-refractivity contribution in [1.82, 2.24) is 0 Å². The molecule has 0 aromatic carbocycles. The Morgan fingerprint density at radius 2 is 1.88 bits per heavy atom. The van der Waals surface area contributed by atoms with E-state index >= 15 is 0 Å². The van der Waals surface area contributed by atoms with Gasteiger partial charge < -0.3 is 5.11 Å². The zero-order valence-corrected chi connectivity index (χ0v) is 5.77. The monoisotopic (exact) mass is 132 g/mol. The zero-order valence-electron chi connectivity index (χ0n) is 4.88. The van der Waals surface area contributed by atoms with Crippen molar-refractivity contribution >= 4 is 12.6 Å². The molecule has 1 N–H and O–H groups in total. The molecule has 8 heavy (non-hydrogen) atoms. The van der Waals surface area contributed by atoms with Crippen LogP contribution < -0.4 is 0 Å². The molecule has 0 aromatic heterocycles. The Bertz CT molecular complexity index is 64.9. The molecule has 1 fully saturated rings. The van der Waals surface area contributed by atoms with E-state index in [1.54, 1.807) is 0 Å². The number of aliphatic hydroxyl groups is 1. The van der Waals surface area contributed by atoms with Crippen LogP contribution in [0.2, 0.25) is 0 Å². The second-order valence-electron chi connectivity index (χ2n) is 2.42. The first-order chi connectivity index (χ1) is 3.80. The fourth-order valence-electron chi connectivity index (χ4n) is 1.09. The van der Waals surface area contributed by atoms with Crippen LogP contribution in [0, 0.1) is 0 Å². The molecule has 0 aliphatic heterocycles. The van der Waals surface area contributed by atoms with Gasteiger partial charge in [0.05, 0.1) is 6.10 Å². The van der Waals surface area contributed by atoms with Crippen molar-refractivity contribution < 1.29 is 5.11 Å². The number of aliphatic hydroxyl groups excluding tert-OH is 1. The van der Waals surface area contributed by atoms with Crippen LogP contribution in [0.4, 0.5) is 0 Å². The van der Waals surface area contributed by atoms with E-state index in [0.29, 0.717) is 0 Å². The molecule has 0 amide bonds. The predicted octanol–water partition coefficient (Wildman–Crippen LogP) is 1.22. The minimum atomic E-state index is -0.132. The van der Waals surface area contributed by atoms with Crippen molar-refractivity contribution in [3.05, 3.63) is 0 Å². The normalized spacial score (nSPS) is 39.8. The van der Waals surface area contributed by atoms with Crippen molar-refractivity contribution in [2.75, 3.05) is 0 Å². The molecule has 0 heterocycles. The van der Waals surface area contributed by atoms with Crippen LogP contribution in [0.5, 0.6) is 0 Å². The Kier molecular flexibility index (Phi) is 2.20. The van der Waals surface area contributed by atoms with Crippen molar-refractivity contribution in [3.8, 4) is 0 Å². The summed E-state index contributed by atoms with van der Waals surface area (Å²) in [5, 5.41) is 9.35. The molecule has 1 rings (SSSR count).